The maximum absolute atomic E-state index is 12.7. The van der Waals surface area contributed by atoms with Crippen LogP contribution in [0.15, 0.2) is 54.6 Å². The predicted molar refractivity (Wildman–Crippen MR) is 94.0 cm³/mol. The van der Waals surface area contributed by atoms with E-state index in [1.165, 1.54) is 19.1 Å². The molecule has 0 radical (unpaired) electrons. The summed E-state index contributed by atoms with van der Waals surface area (Å²) in [5.41, 5.74) is 4.28. The molecule has 0 amide bonds. The Morgan fingerprint density at radius 3 is 1.92 bits per heavy atom. The van der Waals surface area contributed by atoms with E-state index < -0.39 is 0 Å². The molecule has 4 aliphatic rings. The van der Waals surface area contributed by atoms with Gasteiger partial charge in [0.15, 0.2) is 11.6 Å². The van der Waals surface area contributed by atoms with Gasteiger partial charge in [-0.15, -0.1) is 0 Å². The lowest BCUT2D eigenvalue weighted by atomic mass is 9.51. The van der Waals surface area contributed by atoms with Crippen LogP contribution in [0.3, 0.4) is 0 Å². The normalized spacial score (nSPS) is 27.6. The average molecular weight is 344 g/mol. The van der Waals surface area contributed by atoms with Crippen molar-refractivity contribution in [2.24, 2.45) is 11.8 Å². The minimum Gasteiger partial charge on any atom is -0.427 e. The van der Waals surface area contributed by atoms with Crippen LogP contribution in [0.1, 0.15) is 41.0 Å². The molecule has 0 fully saturated rings. The predicted octanol–water partition coefficient (Wildman–Crippen LogP) is 3.14. The molecule has 2 aromatic carbocycles. The van der Waals surface area contributed by atoms with E-state index in [-0.39, 0.29) is 41.2 Å². The highest BCUT2D eigenvalue weighted by Gasteiger charge is 2.55. The molecular weight excluding hydrogens is 328 g/mol. The highest BCUT2D eigenvalue weighted by atomic mass is 16.5. The largest absolute Gasteiger partial charge is 0.427 e. The summed E-state index contributed by atoms with van der Waals surface area (Å²) in [5.74, 6) is -0.931. The van der Waals surface area contributed by atoms with E-state index in [4.69, 9.17) is 4.74 Å². The molecule has 0 aliphatic heterocycles. The molecule has 0 unspecified atom stereocenters. The van der Waals surface area contributed by atoms with Gasteiger partial charge < -0.3 is 4.74 Å². The Hall–Kier alpha value is -3.01. The van der Waals surface area contributed by atoms with Crippen molar-refractivity contribution >= 4 is 17.5 Å². The lowest BCUT2D eigenvalue weighted by Crippen LogP contribution is -2.47. The smallest absolute Gasteiger partial charge is 0.308 e. The summed E-state index contributed by atoms with van der Waals surface area (Å²) < 4.78 is 5.26. The molecule has 0 saturated carbocycles. The van der Waals surface area contributed by atoms with Gasteiger partial charge in [-0.1, -0.05) is 30.3 Å². The summed E-state index contributed by atoms with van der Waals surface area (Å²) in [4.78, 5) is 36.7. The zero-order valence-electron chi connectivity index (χ0n) is 14.1. The lowest BCUT2D eigenvalue weighted by molar-refractivity contribution is -0.132. The van der Waals surface area contributed by atoms with Crippen molar-refractivity contribution in [3.63, 3.8) is 0 Å². The minimum absolute atomic E-state index is 0.00245. The summed E-state index contributed by atoms with van der Waals surface area (Å²) in [5, 5.41) is 0. The SMILES string of the molecule is CC(=O)Oc1ccc2c(c1)[C@H]1c3ccccc3[C@H]2[C@H]2C(=O)C=CC(=O)[C@H]12. The van der Waals surface area contributed by atoms with E-state index in [0.717, 1.165) is 22.3 Å². The number of ether oxygens (including phenoxy) is 1. The fourth-order valence-electron chi connectivity index (χ4n) is 5.00. The monoisotopic (exact) mass is 344 g/mol. The first-order chi connectivity index (χ1) is 12.6. The number of ketones is 2. The maximum Gasteiger partial charge on any atom is 0.308 e. The Morgan fingerprint density at radius 2 is 1.35 bits per heavy atom. The van der Waals surface area contributed by atoms with Crippen LogP contribution in [0.4, 0.5) is 0 Å². The van der Waals surface area contributed by atoms with Crippen LogP contribution in [0.5, 0.6) is 5.75 Å². The van der Waals surface area contributed by atoms with Gasteiger partial charge in [0, 0.05) is 30.6 Å². The van der Waals surface area contributed by atoms with Crippen molar-refractivity contribution < 1.29 is 19.1 Å². The van der Waals surface area contributed by atoms with Crippen LogP contribution in [0.25, 0.3) is 0 Å². The summed E-state index contributed by atoms with van der Waals surface area (Å²) in [6.45, 7) is 1.37. The van der Waals surface area contributed by atoms with Gasteiger partial charge in [0.2, 0.25) is 0 Å². The zero-order valence-corrected chi connectivity index (χ0v) is 14.1. The summed E-state index contributed by atoms with van der Waals surface area (Å²) in [7, 11) is 0. The molecule has 0 spiro atoms. The van der Waals surface area contributed by atoms with Gasteiger partial charge in [-0.25, -0.2) is 0 Å². The van der Waals surface area contributed by atoms with Crippen LogP contribution < -0.4 is 4.74 Å². The number of hydrogen-bond donors (Lipinski definition) is 0. The highest BCUT2D eigenvalue weighted by Crippen LogP contribution is 2.60. The van der Waals surface area contributed by atoms with E-state index in [9.17, 15) is 14.4 Å². The number of benzene rings is 2. The second-order valence-electron chi connectivity index (χ2n) is 7.16. The molecule has 2 aromatic rings. The van der Waals surface area contributed by atoms with Crippen LogP contribution in [-0.4, -0.2) is 17.5 Å². The molecule has 4 heteroatoms. The van der Waals surface area contributed by atoms with Gasteiger partial charge in [0.25, 0.3) is 0 Å². The number of hydrogen-bond acceptors (Lipinski definition) is 4. The second kappa shape index (κ2) is 5.24. The topological polar surface area (TPSA) is 60.4 Å². The molecule has 128 valence electrons. The third kappa shape index (κ3) is 1.93. The fraction of sp³-hybridized carbons (Fsp3) is 0.227. The minimum atomic E-state index is -0.382. The molecule has 26 heavy (non-hydrogen) atoms. The van der Waals surface area contributed by atoms with Crippen molar-refractivity contribution in [3.05, 3.63) is 76.9 Å². The average Bonchev–Trinajstić information content (AvgIpc) is 2.63. The second-order valence-corrected chi connectivity index (χ2v) is 7.16. The lowest BCUT2D eigenvalue weighted by Gasteiger charge is -2.50. The molecule has 4 aliphatic carbocycles. The summed E-state index contributed by atoms with van der Waals surface area (Å²) >= 11 is 0. The molecular formula is C22H16O4. The van der Waals surface area contributed by atoms with Crippen LogP contribution in [-0.2, 0) is 14.4 Å². The standard InChI is InChI=1S/C22H16O4/c1-11(23)26-12-6-7-15-16(10-12)20-14-5-3-2-4-13(14)19(15)21-17(24)8-9-18(25)22(20)21/h2-10,19-22H,1H3/t19-,20-,21-,22-/m1/s1. The number of esters is 1. The third-order valence-corrected chi connectivity index (χ3v) is 5.83. The Morgan fingerprint density at radius 1 is 0.808 bits per heavy atom. The van der Waals surface area contributed by atoms with Gasteiger partial charge >= 0.3 is 5.97 Å². The molecule has 4 atom stereocenters. The molecule has 0 aromatic heterocycles. The van der Waals surface area contributed by atoms with E-state index in [1.54, 1.807) is 6.07 Å². The summed E-state index contributed by atoms with van der Waals surface area (Å²) in [6.07, 6.45) is 2.85. The van der Waals surface area contributed by atoms with Crippen molar-refractivity contribution in [2.45, 2.75) is 18.8 Å². The molecule has 0 N–H and O–H groups in total. The van der Waals surface area contributed by atoms with E-state index in [0.29, 0.717) is 5.75 Å². The molecule has 0 heterocycles. The first-order valence-electron chi connectivity index (χ1n) is 8.73. The Labute approximate surface area is 150 Å². The van der Waals surface area contributed by atoms with Gasteiger partial charge in [-0.2, -0.15) is 0 Å². The Kier molecular flexibility index (Phi) is 3.08. The number of rotatable bonds is 1. The Bertz CT molecular complexity index is 1020. The van der Waals surface area contributed by atoms with E-state index >= 15 is 0 Å². The highest BCUT2D eigenvalue weighted by molar-refractivity contribution is 6.09. The quantitative estimate of drug-likeness (QED) is 0.589. The summed E-state index contributed by atoms with van der Waals surface area (Å²) in [6, 6.07) is 13.6. The number of carbonyl (C=O) groups is 3. The third-order valence-electron chi connectivity index (χ3n) is 5.83. The van der Waals surface area contributed by atoms with Gasteiger partial charge in [0.05, 0.1) is 0 Å². The van der Waals surface area contributed by atoms with E-state index in [2.05, 4.69) is 6.07 Å². The van der Waals surface area contributed by atoms with Crippen molar-refractivity contribution in [1.29, 1.82) is 0 Å². The first kappa shape index (κ1) is 15.3. The number of carbonyl (C=O) groups excluding carboxylic acids is 3. The van der Waals surface area contributed by atoms with E-state index in [1.807, 2.05) is 30.3 Å². The van der Waals surface area contributed by atoms with Crippen molar-refractivity contribution in [3.8, 4) is 5.75 Å². The zero-order chi connectivity index (χ0) is 18.0. The van der Waals surface area contributed by atoms with Crippen molar-refractivity contribution in [2.75, 3.05) is 0 Å². The van der Waals surface area contributed by atoms with Crippen LogP contribution in [0.2, 0.25) is 0 Å². The first-order valence-corrected chi connectivity index (χ1v) is 8.73. The van der Waals surface area contributed by atoms with Gasteiger partial charge in [-0.05, 0) is 46.5 Å². The molecule has 0 saturated heterocycles. The van der Waals surface area contributed by atoms with Gasteiger partial charge in [-0.3, -0.25) is 14.4 Å². The van der Waals surface area contributed by atoms with Crippen molar-refractivity contribution in [1.82, 2.24) is 0 Å². The Balaban J connectivity index is 1.77. The van der Waals surface area contributed by atoms with Crippen LogP contribution in [0, 0.1) is 11.8 Å². The maximum atomic E-state index is 12.7. The van der Waals surface area contributed by atoms with Gasteiger partial charge in [0.1, 0.15) is 5.75 Å². The fourth-order valence-corrected chi connectivity index (χ4v) is 5.00. The molecule has 4 nitrogen and oxygen atoms in total. The number of allylic oxidation sites excluding steroid dienone is 2. The molecule has 2 bridgehead atoms. The van der Waals surface area contributed by atoms with Crippen LogP contribution >= 0.6 is 0 Å². The molecule has 6 rings (SSSR count).